The lowest BCUT2D eigenvalue weighted by Gasteiger charge is -2.34. The van der Waals surface area contributed by atoms with E-state index in [0.717, 1.165) is 13.1 Å². The number of pyridine rings is 1. The Morgan fingerprint density at radius 2 is 2.50 bits per heavy atom. The number of ether oxygens (including phenoxy) is 1. The van der Waals surface area contributed by atoms with Crippen LogP contribution in [0.25, 0.3) is 0 Å². The van der Waals surface area contributed by atoms with Crippen molar-refractivity contribution in [3.8, 4) is 0 Å². The molecule has 0 bridgehead atoms. The highest BCUT2D eigenvalue weighted by Crippen LogP contribution is 2.27. The van der Waals surface area contributed by atoms with E-state index in [0.29, 0.717) is 29.6 Å². The Hall–Kier alpha value is -0.880. The number of aliphatic hydroxyl groups excluding tert-OH is 1. The predicted octanol–water partition coefficient (Wildman–Crippen LogP) is 1.07. The molecule has 100 valence electrons. The zero-order valence-corrected chi connectivity index (χ0v) is 11.1. The summed E-state index contributed by atoms with van der Waals surface area (Å²) >= 11 is 5.88. The average Bonchev–Trinajstić information content (AvgIpc) is 2.41. The first-order valence-electron chi connectivity index (χ1n) is 6.04. The third-order valence-corrected chi connectivity index (χ3v) is 3.42. The summed E-state index contributed by atoms with van der Waals surface area (Å²) in [5.74, 6) is 0.295. The van der Waals surface area contributed by atoms with E-state index >= 15 is 0 Å². The van der Waals surface area contributed by atoms with E-state index in [2.05, 4.69) is 16.8 Å². The molecular weight excluding hydrogens is 254 g/mol. The Balaban J connectivity index is 2.14. The molecule has 1 aromatic heterocycles. The van der Waals surface area contributed by atoms with Crippen LogP contribution in [0.1, 0.15) is 18.6 Å². The zero-order chi connectivity index (χ0) is 13.1. The van der Waals surface area contributed by atoms with Gasteiger partial charge in [0.15, 0.2) is 0 Å². The summed E-state index contributed by atoms with van der Waals surface area (Å²) in [7, 11) is 0. The van der Waals surface area contributed by atoms with E-state index in [9.17, 15) is 5.11 Å². The number of rotatable bonds is 3. The number of aliphatic hydroxyl groups is 1. The van der Waals surface area contributed by atoms with Crippen molar-refractivity contribution in [1.29, 1.82) is 0 Å². The van der Waals surface area contributed by atoms with E-state index in [1.54, 1.807) is 6.07 Å². The molecule has 18 heavy (non-hydrogen) atoms. The molecule has 1 fully saturated rings. The number of morpholine rings is 1. The van der Waals surface area contributed by atoms with Gasteiger partial charge in [-0.1, -0.05) is 18.5 Å². The summed E-state index contributed by atoms with van der Waals surface area (Å²) in [5, 5.41) is 10.8. The van der Waals surface area contributed by atoms with E-state index in [4.69, 9.17) is 22.1 Å². The molecule has 1 saturated heterocycles. The van der Waals surface area contributed by atoms with Crippen LogP contribution in [0.5, 0.6) is 0 Å². The molecular formula is C12H18ClN3O2. The first-order valence-corrected chi connectivity index (χ1v) is 6.42. The molecule has 5 nitrogen and oxygen atoms in total. The second-order valence-corrected chi connectivity index (χ2v) is 4.81. The van der Waals surface area contributed by atoms with Crippen molar-refractivity contribution in [3.05, 3.63) is 22.8 Å². The minimum atomic E-state index is -0.800. The van der Waals surface area contributed by atoms with Gasteiger partial charge in [-0.3, -0.25) is 4.90 Å². The van der Waals surface area contributed by atoms with E-state index in [1.807, 2.05) is 0 Å². The van der Waals surface area contributed by atoms with Crippen molar-refractivity contribution in [2.75, 3.05) is 32.0 Å². The van der Waals surface area contributed by atoms with Gasteiger partial charge in [-0.15, -0.1) is 0 Å². The first-order chi connectivity index (χ1) is 8.61. The summed E-state index contributed by atoms with van der Waals surface area (Å²) < 4.78 is 5.60. The average molecular weight is 272 g/mol. The molecule has 0 saturated carbocycles. The Morgan fingerprint density at radius 1 is 1.72 bits per heavy atom. The van der Waals surface area contributed by atoms with Crippen LogP contribution in [0.3, 0.4) is 0 Å². The normalized spacial score (nSPS) is 22.9. The van der Waals surface area contributed by atoms with Gasteiger partial charge in [-0.2, -0.15) is 0 Å². The standard InChI is InChI=1S/C12H18ClN3O2/c1-2-16-3-4-18-10(7-16)11(17)9-5-8(13)6-15-12(9)14/h5-6,10-11,17H,2-4,7H2,1H3,(H2,14,15). The second kappa shape index (κ2) is 5.84. The summed E-state index contributed by atoms with van der Waals surface area (Å²) in [6, 6.07) is 1.64. The van der Waals surface area contributed by atoms with Crippen LogP contribution in [0.15, 0.2) is 12.3 Å². The molecule has 0 radical (unpaired) electrons. The summed E-state index contributed by atoms with van der Waals surface area (Å²) in [6.07, 6.45) is 0.375. The van der Waals surface area contributed by atoms with Crippen molar-refractivity contribution in [2.45, 2.75) is 19.1 Å². The van der Waals surface area contributed by atoms with Gasteiger partial charge in [0.05, 0.1) is 11.6 Å². The highest BCUT2D eigenvalue weighted by atomic mass is 35.5. The molecule has 2 heterocycles. The fraction of sp³-hybridized carbons (Fsp3) is 0.583. The maximum absolute atomic E-state index is 10.3. The lowest BCUT2D eigenvalue weighted by Crippen LogP contribution is -2.44. The molecule has 1 aromatic rings. The third kappa shape index (κ3) is 2.92. The second-order valence-electron chi connectivity index (χ2n) is 4.38. The number of anilines is 1. The number of nitrogens with zero attached hydrogens (tertiary/aromatic N) is 2. The van der Waals surface area contributed by atoms with Crippen LogP contribution < -0.4 is 5.73 Å². The fourth-order valence-electron chi connectivity index (χ4n) is 2.11. The molecule has 2 atom stereocenters. The largest absolute Gasteiger partial charge is 0.385 e. The predicted molar refractivity (Wildman–Crippen MR) is 70.5 cm³/mol. The van der Waals surface area contributed by atoms with Gasteiger partial charge in [-0.25, -0.2) is 4.98 Å². The lowest BCUT2D eigenvalue weighted by atomic mass is 10.0. The lowest BCUT2D eigenvalue weighted by molar-refractivity contribution is -0.0887. The van der Waals surface area contributed by atoms with Crippen LogP contribution >= 0.6 is 11.6 Å². The minimum Gasteiger partial charge on any atom is -0.385 e. The molecule has 6 heteroatoms. The summed E-state index contributed by atoms with van der Waals surface area (Å²) in [4.78, 5) is 6.18. The maximum Gasteiger partial charge on any atom is 0.129 e. The molecule has 0 aliphatic carbocycles. The molecule has 3 N–H and O–H groups in total. The number of halogens is 1. The fourth-order valence-corrected chi connectivity index (χ4v) is 2.28. The number of aromatic nitrogens is 1. The highest BCUT2D eigenvalue weighted by molar-refractivity contribution is 6.30. The SMILES string of the molecule is CCN1CCOC(C(O)c2cc(Cl)cnc2N)C1. The minimum absolute atomic E-state index is 0.290. The number of nitrogen functional groups attached to an aromatic ring is 1. The molecule has 2 unspecified atom stereocenters. The topological polar surface area (TPSA) is 71.6 Å². The molecule has 2 rings (SSSR count). The zero-order valence-electron chi connectivity index (χ0n) is 10.3. The monoisotopic (exact) mass is 271 g/mol. The van der Waals surface area contributed by atoms with E-state index in [1.165, 1.54) is 6.20 Å². The van der Waals surface area contributed by atoms with Crippen LogP contribution in [-0.4, -0.2) is 47.3 Å². The summed E-state index contributed by atoms with van der Waals surface area (Å²) in [6.45, 7) is 5.22. The van der Waals surface area contributed by atoms with Crippen molar-refractivity contribution < 1.29 is 9.84 Å². The molecule has 0 spiro atoms. The van der Waals surface area contributed by atoms with Crippen molar-refractivity contribution in [2.24, 2.45) is 0 Å². The van der Waals surface area contributed by atoms with Crippen molar-refractivity contribution >= 4 is 17.4 Å². The highest BCUT2D eigenvalue weighted by Gasteiger charge is 2.28. The van der Waals surface area contributed by atoms with Gasteiger partial charge < -0.3 is 15.6 Å². The molecule has 0 aromatic carbocycles. The number of likely N-dealkylation sites (N-methyl/N-ethyl adjacent to an activating group) is 1. The number of hydrogen-bond donors (Lipinski definition) is 2. The number of hydrogen-bond acceptors (Lipinski definition) is 5. The van der Waals surface area contributed by atoms with Gasteiger partial charge in [-0.05, 0) is 12.6 Å². The Morgan fingerprint density at radius 3 is 3.22 bits per heavy atom. The Bertz CT molecular complexity index is 416. The van der Waals surface area contributed by atoms with Crippen LogP contribution in [0.2, 0.25) is 5.02 Å². The van der Waals surface area contributed by atoms with Crippen LogP contribution in [0.4, 0.5) is 5.82 Å². The Labute approximate surface area is 112 Å². The van der Waals surface area contributed by atoms with Gasteiger partial charge in [0.2, 0.25) is 0 Å². The third-order valence-electron chi connectivity index (χ3n) is 3.21. The van der Waals surface area contributed by atoms with Crippen molar-refractivity contribution in [3.63, 3.8) is 0 Å². The van der Waals surface area contributed by atoms with Gasteiger partial charge in [0.1, 0.15) is 18.0 Å². The van der Waals surface area contributed by atoms with Crippen LogP contribution in [0, 0.1) is 0 Å². The summed E-state index contributed by atoms with van der Waals surface area (Å²) in [5.41, 5.74) is 6.30. The quantitative estimate of drug-likeness (QED) is 0.861. The van der Waals surface area contributed by atoms with Crippen molar-refractivity contribution in [1.82, 2.24) is 9.88 Å². The smallest absolute Gasteiger partial charge is 0.129 e. The van der Waals surface area contributed by atoms with E-state index in [-0.39, 0.29) is 6.10 Å². The molecule has 1 aliphatic heterocycles. The number of nitrogens with two attached hydrogens (primary N) is 1. The molecule has 0 amide bonds. The maximum atomic E-state index is 10.3. The molecule has 1 aliphatic rings. The Kier molecular flexibility index (Phi) is 4.40. The van der Waals surface area contributed by atoms with E-state index < -0.39 is 6.10 Å². The van der Waals surface area contributed by atoms with Gasteiger partial charge >= 0.3 is 0 Å². The van der Waals surface area contributed by atoms with Gasteiger partial charge in [0, 0.05) is 24.8 Å². The van der Waals surface area contributed by atoms with Crippen LogP contribution in [-0.2, 0) is 4.74 Å². The van der Waals surface area contributed by atoms with Gasteiger partial charge in [0.25, 0.3) is 0 Å². The first kappa shape index (κ1) is 13.5.